The number of rotatable bonds is 5. The summed E-state index contributed by atoms with van der Waals surface area (Å²) < 4.78 is 0. The van der Waals surface area contributed by atoms with Gasteiger partial charge in [-0.15, -0.1) is 11.3 Å². The Morgan fingerprint density at radius 2 is 2.21 bits per heavy atom. The Bertz CT molecular complexity index is 400. The van der Waals surface area contributed by atoms with E-state index in [1.807, 2.05) is 11.3 Å². The maximum absolute atomic E-state index is 4.78. The average Bonchev–Trinajstić information content (AvgIpc) is 3.16. The van der Waals surface area contributed by atoms with Gasteiger partial charge in [0.2, 0.25) is 0 Å². The van der Waals surface area contributed by atoms with E-state index in [1.54, 1.807) is 0 Å². The topological polar surface area (TPSA) is 28.2 Å². The second kappa shape index (κ2) is 6.33. The lowest BCUT2D eigenvalue weighted by molar-refractivity contribution is 0.203. The van der Waals surface area contributed by atoms with Crippen molar-refractivity contribution >= 4 is 11.3 Å². The fourth-order valence-electron chi connectivity index (χ4n) is 2.80. The van der Waals surface area contributed by atoms with Gasteiger partial charge in [-0.2, -0.15) is 0 Å². The molecule has 1 aromatic heterocycles. The van der Waals surface area contributed by atoms with E-state index >= 15 is 0 Å². The van der Waals surface area contributed by atoms with Gasteiger partial charge in [-0.25, -0.2) is 4.98 Å². The van der Waals surface area contributed by atoms with Crippen LogP contribution < -0.4 is 5.32 Å². The fraction of sp³-hybridized carbons (Fsp3) is 0.800. The van der Waals surface area contributed by atoms with Gasteiger partial charge in [0, 0.05) is 30.6 Å². The summed E-state index contributed by atoms with van der Waals surface area (Å²) in [6, 6.07) is 1.50. The molecule has 3 rings (SSSR count). The highest BCUT2D eigenvalue weighted by molar-refractivity contribution is 7.09. The third-order valence-corrected chi connectivity index (χ3v) is 5.17. The molecule has 2 heterocycles. The molecule has 1 N–H and O–H groups in total. The zero-order valence-corrected chi connectivity index (χ0v) is 12.7. The van der Waals surface area contributed by atoms with Crippen molar-refractivity contribution in [1.29, 1.82) is 0 Å². The molecule has 1 saturated carbocycles. The molecule has 19 heavy (non-hydrogen) atoms. The van der Waals surface area contributed by atoms with Crippen LogP contribution in [0.4, 0.5) is 0 Å². The molecule has 1 aliphatic heterocycles. The first-order valence-corrected chi connectivity index (χ1v) is 8.60. The van der Waals surface area contributed by atoms with Gasteiger partial charge in [-0.05, 0) is 39.2 Å². The van der Waals surface area contributed by atoms with Gasteiger partial charge >= 0.3 is 0 Å². The van der Waals surface area contributed by atoms with Crippen molar-refractivity contribution in [2.45, 2.75) is 70.6 Å². The van der Waals surface area contributed by atoms with E-state index in [4.69, 9.17) is 4.98 Å². The minimum absolute atomic E-state index is 0.720. The summed E-state index contributed by atoms with van der Waals surface area (Å²) in [6.45, 7) is 5.62. The molecule has 0 aromatic carbocycles. The lowest BCUT2D eigenvalue weighted by Gasteiger charge is -2.25. The quantitative estimate of drug-likeness (QED) is 0.897. The highest BCUT2D eigenvalue weighted by atomic mass is 32.1. The smallest absolute Gasteiger partial charge is 0.107 e. The molecule has 0 spiro atoms. The largest absolute Gasteiger partial charge is 0.308 e. The van der Waals surface area contributed by atoms with Crippen molar-refractivity contribution in [3.63, 3.8) is 0 Å². The first-order chi connectivity index (χ1) is 9.31. The minimum atomic E-state index is 0.720. The lowest BCUT2D eigenvalue weighted by Crippen LogP contribution is -2.32. The Balaban J connectivity index is 1.52. The van der Waals surface area contributed by atoms with Crippen LogP contribution in [0, 0.1) is 0 Å². The number of nitrogens with one attached hydrogen (secondary N) is 1. The summed E-state index contributed by atoms with van der Waals surface area (Å²) >= 11 is 1.81. The van der Waals surface area contributed by atoms with Crippen molar-refractivity contribution < 1.29 is 0 Å². The van der Waals surface area contributed by atoms with Crippen LogP contribution in [-0.2, 0) is 13.1 Å². The summed E-state index contributed by atoms with van der Waals surface area (Å²) in [4.78, 5) is 7.39. The Kier molecular flexibility index (Phi) is 4.51. The first-order valence-electron chi connectivity index (χ1n) is 7.72. The molecule has 3 nitrogen and oxygen atoms in total. The molecular formula is C15H25N3S. The van der Waals surface area contributed by atoms with Crippen LogP contribution in [0.2, 0.25) is 0 Å². The Morgan fingerprint density at radius 1 is 1.32 bits per heavy atom. The van der Waals surface area contributed by atoms with E-state index in [0.29, 0.717) is 0 Å². The summed E-state index contributed by atoms with van der Waals surface area (Å²) in [5, 5.41) is 7.05. The van der Waals surface area contributed by atoms with Crippen molar-refractivity contribution in [1.82, 2.24) is 15.2 Å². The highest BCUT2D eigenvalue weighted by Crippen LogP contribution is 2.22. The molecule has 1 aromatic rings. The Labute approximate surface area is 120 Å². The maximum Gasteiger partial charge on any atom is 0.107 e. The molecule has 106 valence electrons. The SMILES string of the molecule is CC1CCCCCN1Cc1csc(CNC2CC2)n1. The zero-order chi connectivity index (χ0) is 13.1. The van der Waals surface area contributed by atoms with Crippen LogP contribution in [0.3, 0.4) is 0 Å². The van der Waals surface area contributed by atoms with Crippen LogP contribution in [0.1, 0.15) is 56.2 Å². The molecular weight excluding hydrogens is 254 g/mol. The maximum atomic E-state index is 4.78. The highest BCUT2D eigenvalue weighted by Gasteiger charge is 2.21. The molecule has 2 aliphatic rings. The lowest BCUT2D eigenvalue weighted by atomic mass is 10.1. The van der Waals surface area contributed by atoms with Crippen LogP contribution in [0.25, 0.3) is 0 Å². The number of hydrogen-bond donors (Lipinski definition) is 1. The Morgan fingerprint density at radius 3 is 3.05 bits per heavy atom. The van der Waals surface area contributed by atoms with Gasteiger partial charge in [0.25, 0.3) is 0 Å². The standard InChI is InChI=1S/C15H25N3S/c1-12-5-3-2-4-8-18(12)10-14-11-19-15(17-14)9-16-13-6-7-13/h11-13,16H,2-10H2,1H3. The molecule has 0 radical (unpaired) electrons. The van der Waals surface area contributed by atoms with Gasteiger partial charge in [0.1, 0.15) is 5.01 Å². The molecule has 1 unspecified atom stereocenters. The fourth-order valence-corrected chi connectivity index (χ4v) is 3.54. The van der Waals surface area contributed by atoms with Gasteiger partial charge in [-0.3, -0.25) is 4.90 Å². The number of likely N-dealkylation sites (tertiary alicyclic amines) is 1. The third-order valence-electron chi connectivity index (χ3n) is 4.27. The van der Waals surface area contributed by atoms with Crippen LogP contribution >= 0.6 is 11.3 Å². The second-order valence-corrected chi connectivity index (χ2v) is 7.00. The van der Waals surface area contributed by atoms with Crippen LogP contribution in [0.15, 0.2) is 5.38 Å². The van der Waals surface area contributed by atoms with Crippen LogP contribution in [0.5, 0.6) is 0 Å². The third kappa shape index (κ3) is 4.01. The van der Waals surface area contributed by atoms with E-state index in [2.05, 4.69) is 22.5 Å². The van der Waals surface area contributed by atoms with Gasteiger partial charge in [-0.1, -0.05) is 12.8 Å². The average molecular weight is 279 g/mol. The molecule has 0 bridgehead atoms. The molecule has 1 atom stereocenters. The first kappa shape index (κ1) is 13.5. The summed E-state index contributed by atoms with van der Waals surface area (Å²) in [5.74, 6) is 0. The van der Waals surface area contributed by atoms with E-state index in [9.17, 15) is 0 Å². The van der Waals surface area contributed by atoms with Crippen molar-refractivity contribution in [3.8, 4) is 0 Å². The van der Waals surface area contributed by atoms with E-state index in [1.165, 1.54) is 55.8 Å². The number of thiazole rings is 1. The van der Waals surface area contributed by atoms with E-state index < -0.39 is 0 Å². The van der Waals surface area contributed by atoms with Gasteiger partial charge in [0.15, 0.2) is 0 Å². The van der Waals surface area contributed by atoms with E-state index in [-0.39, 0.29) is 0 Å². The summed E-state index contributed by atoms with van der Waals surface area (Å²) in [7, 11) is 0. The van der Waals surface area contributed by atoms with Crippen LogP contribution in [-0.4, -0.2) is 28.5 Å². The van der Waals surface area contributed by atoms with Gasteiger partial charge in [0.05, 0.1) is 5.69 Å². The predicted octanol–water partition coefficient (Wildman–Crippen LogP) is 3.16. The van der Waals surface area contributed by atoms with E-state index in [0.717, 1.165) is 25.2 Å². The normalized spacial score (nSPS) is 25.4. The van der Waals surface area contributed by atoms with Crippen molar-refractivity contribution in [3.05, 3.63) is 16.1 Å². The monoisotopic (exact) mass is 279 g/mol. The van der Waals surface area contributed by atoms with Crippen molar-refractivity contribution in [2.75, 3.05) is 6.54 Å². The van der Waals surface area contributed by atoms with Gasteiger partial charge < -0.3 is 5.32 Å². The number of aromatic nitrogens is 1. The number of nitrogens with zero attached hydrogens (tertiary/aromatic N) is 2. The van der Waals surface area contributed by atoms with Crippen molar-refractivity contribution in [2.24, 2.45) is 0 Å². The molecule has 0 amide bonds. The molecule has 2 fully saturated rings. The molecule has 1 aliphatic carbocycles. The number of hydrogen-bond acceptors (Lipinski definition) is 4. The predicted molar refractivity (Wildman–Crippen MR) is 80.3 cm³/mol. The minimum Gasteiger partial charge on any atom is -0.308 e. The Hall–Kier alpha value is -0.450. The molecule has 4 heteroatoms. The zero-order valence-electron chi connectivity index (χ0n) is 11.9. The second-order valence-electron chi connectivity index (χ2n) is 6.06. The summed E-state index contributed by atoms with van der Waals surface area (Å²) in [5.41, 5.74) is 1.27. The molecule has 1 saturated heterocycles. The summed E-state index contributed by atoms with van der Waals surface area (Å²) in [6.07, 6.45) is 8.19.